The van der Waals surface area contributed by atoms with Crippen molar-refractivity contribution in [2.75, 3.05) is 38.0 Å². The van der Waals surface area contributed by atoms with Crippen molar-refractivity contribution >= 4 is 17.4 Å². The molecule has 0 aliphatic carbocycles. The number of anilines is 1. The van der Waals surface area contributed by atoms with Gasteiger partial charge in [-0.1, -0.05) is 0 Å². The predicted molar refractivity (Wildman–Crippen MR) is 73.4 cm³/mol. The lowest BCUT2D eigenvalue weighted by Gasteiger charge is -2.26. The Labute approximate surface area is 120 Å². The van der Waals surface area contributed by atoms with Gasteiger partial charge < -0.3 is 10.6 Å². The van der Waals surface area contributed by atoms with Crippen LogP contribution in [0.4, 0.5) is 15.9 Å². The Hall–Kier alpha value is -2.29. The molecule has 1 aromatic heterocycles. The number of hydrogen-bond acceptors (Lipinski definition) is 6. The van der Waals surface area contributed by atoms with E-state index < -0.39 is 10.7 Å². The third kappa shape index (κ3) is 4.35. The van der Waals surface area contributed by atoms with E-state index in [-0.39, 0.29) is 17.4 Å². The zero-order valence-corrected chi connectivity index (χ0v) is 11.3. The largest absolute Gasteiger partial charge is 0.364 e. The Kier molecular flexibility index (Phi) is 4.99. The summed E-state index contributed by atoms with van der Waals surface area (Å²) in [4.78, 5) is 27.0. The molecule has 0 atom stereocenters. The highest BCUT2D eigenvalue weighted by Crippen LogP contribution is 2.21. The van der Waals surface area contributed by atoms with Crippen molar-refractivity contribution < 1.29 is 14.1 Å². The van der Waals surface area contributed by atoms with Gasteiger partial charge in [0.1, 0.15) is 5.82 Å². The molecule has 21 heavy (non-hydrogen) atoms. The number of rotatable bonds is 6. The van der Waals surface area contributed by atoms with E-state index in [0.29, 0.717) is 32.6 Å². The first-order valence-electron chi connectivity index (χ1n) is 6.59. The fraction of sp³-hybridized carbons (Fsp3) is 0.500. The number of piperazine rings is 1. The molecule has 1 aliphatic heterocycles. The fourth-order valence-corrected chi connectivity index (χ4v) is 2.10. The normalized spacial score (nSPS) is 15.6. The van der Waals surface area contributed by atoms with E-state index in [2.05, 4.69) is 15.6 Å². The monoisotopic (exact) mass is 297 g/mol. The number of halogens is 1. The van der Waals surface area contributed by atoms with Crippen LogP contribution < -0.4 is 10.6 Å². The number of nitrogens with zero attached hydrogens (tertiary/aromatic N) is 3. The van der Waals surface area contributed by atoms with Gasteiger partial charge in [0.2, 0.25) is 11.7 Å². The zero-order valence-electron chi connectivity index (χ0n) is 11.3. The lowest BCUT2D eigenvalue weighted by molar-refractivity contribution is -0.384. The third-order valence-corrected chi connectivity index (χ3v) is 3.09. The van der Waals surface area contributed by atoms with Crippen molar-refractivity contribution in [3.63, 3.8) is 0 Å². The second-order valence-corrected chi connectivity index (χ2v) is 4.68. The Morgan fingerprint density at radius 3 is 3.10 bits per heavy atom. The molecule has 1 amide bonds. The molecular formula is C12H16FN5O3. The maximum Gasteiger partial charge on any atom is 0.314 e. The number of pyridine rings is 1. The molecule has 1 fully saturated rings. The van der Waals surface area contributed by atoms with Crippen LogP contribution in [0.3, 0.4) is 0 Å². The third-order valence-electron chi connectivity index (χ3n) is 3.09. The van der Waals surface area contributed by atoms with Crippen LogP contribution in [0, 0.1) is 15.9 Å². The van der Waals surface area contributed by atoms with Gasteiger partial charge in [-0.05, 0) is 6.42 Å². The van der Waals surface area contributed by atoms with Crippen LogP contribution in [0.5, 0.6) is 0 Å². The molecule has 2 N–H and O–H groups in total. The first-order valence-corrected chi connectivity index (χ1v) is 6.59. The lowest BCUT2D eigenvalue weighted by atomic mass is 10.3. The molecule has 114 valence electrons. The van der Waals surface area contributed by atoms with Crippen molar-refractivity contribution in [3.05, 3.63) is 28.2 Å². The Bertz CT molecular complexity index is 540. The minimum Gasteiger partial charge on any atom is -0.364 e. The Morgan fingerprint density at radius 1 is 1.57 bits per heavy atom. The number of nitro groups is 1. The van der Waals surface area contributed by atoms with Gasteiger partial charge in [0.05, 0.1) is 23.7 Å². The van der Waals surface area contributed by atoms with Crippen molar-refractivity contribution in [1.29, 1.82) is 0 Å². The molecular weight excluding hydrogens is 281 g/mol. The van der Waals surface area contributed by atoms with Crippen LogP contribution in [-0.2, 0) is 4.79 Å². The maximum atomic E-state index is 12.9. The fourth-order valence-electron chi connectivity index (χ4n) is 2.10. The Balaban J connectivity index is 1.81. The minimum absolute atomic E-state index is 0.00467. The van der Waals surface area contributed by atoms with Gasteiger partial charge in [0.25, 0.3) is 0 Å². The summed E-state index contributed by atoms with van der Waals surface area (Å²) in [7, 11) is 0. The molecule has 0 spiro atoms. The molecule has 0 unspecified atom stereocenters. The SMILES string of the molecule is O=C1CN(CCCNc2ncc(F)cc2[N+](=O)[O-])CCN1. The summed E-state index contributed by atoms with van der Waals surface area (Å²) in [6, 6.07) is 0.838. The van der Waals surface area contributed by atoms with Gasteiger partial charge in [0, 0.05) is 26.2 Å². The minimum atomic E-state index is -0.744. The first-order chi connectivity index (χ1) is 10.1. The molecule has 8 nitrogen and oxygen atoms in total. The molecule has 1 aromatic rings. The van der Waals surface area contributed by atoms with Crippen molar-refractivity contribution in [1.82, 2.24) is 15.2 Å². The van der Waals surface area contributed by atoms with Crippen molar-refractivity contribution in [3.8, 4) is 0 Å². The summed E-state index contributed by atoms with van der Waals surface area (Å²) in [5.41, 5.74) is -0.382. The number of amides is 1. The van der Waals surface area contributed by atoms with E-state index in [1.807, 2.05) is 4.90 Å². The molecule has 0 saturated carbocycles. The number of nitrogens with one attached hydrogen (secondary N) is 2. The lowest BCUT2D eigenvalue weighted by Crippen LogP contribution is -2.47. The van der Waals surface area contributed by atoms with Crippen LogP contribution in [0.1, 0.15) is 6.42 Å². The van der Waals surface area contributed by atoms with E-state index in [4.69, 9.17) is 0 Å². The highest BCUT2D eigenvalue weighted by atomic mass is 19.1. The molecule has 0 radical (unpaired) electrons. The highest BCUT2D eigenvalue weighted by Gasteiger charge is 2.17. The van der Waals surface area contributed by atoms with Crippen LogP contribution in [0.15, 0.2) is 12.3 Å². The molecule has 2 heterocycles. The summed E-state index contributed by atoms with van der Waals surface area (Å²) < 4.78 is 12.9. The molecule has 1 aliphatic rings. The molecule has 1 saturated heterocycles. The van der Waals surface area contributed by atoms with Gasteiger partial charge in [-0.3, -0.25) is 19.8 Å². The quantitative estimate of drug-likeness (QED) is 0.447. The van der Waals surface area contributed by atoms with E-state index in [1.165, 1.54) is 0 Å². The molecule has 2 rings (SSSR count). The number of aromatic nitrogens is 1. The van der Waals surface area contributed by atoms with E-state index in [9.17, 15) is 19.3 Å². The average Bonchev–Trinajstić information content (AvgIpc) is 2.44. The molecule has 0 bridgehead atoms. The van der Waals surface area contributed by atoms with Gasteiger partial charge in [0.15, 0.2) is 0 Å². The number of carbonyl (C=O) groups excluding carboxylic acids is 1. The smallest absolute Gasteiger partial charge is 0.314 e. The summed E-state index contributed by atoms with van der Waals surface area (Å²) in [5.74, 6) is -0.686. The first kappa shape index (κ1) is 15.1. The molecule has 9 heteroatoms. The summed E-state index contributed by atoms with van der Waals surface area (Å²) in [6.45, 7) is 2.96. The van der Waals surface area contributed by atoms with Gasteiger partial charge in [-0.2, -0.15) is 0 Å². The topological polar surface area (TPSA) is 100 Å². The summed E-state index contributed by atoms with van der Waals surface area (Å²) in [6.07, 6.45) is 1.63. The van der Waals surface area contributed by atoms with Crippen molar-refractivity contribution in [2.45, 2.75) is 6.42 Å². The maximum absolute atomic E-state index is 12.9. The molecule has 0 aromatic carbocycles. The summed E-state index contributed by atoms with van der Waals surface area (Å²) in [5, 5.41) is 16.4. The van der Waals surface area contributed by atoms with E-state index >= 15 is 0 Å². The average molecular weight is 297 g/mol. The second-order valence-electron chi connectivity index (χ2n) is 4.68. The number of hydrogen-bond donors (Lipinski definition) is 2. The zero-order chi connectivity index (χ0) is 15.2. The Morgan fingerprint density at radius 2 is 2.38 bits per heavy atom. The van der Waals surface area contributed by atoms with Crippen molar-refractivity contribution in [2.24, 2.45) is 0 Å². The standard InChI is InChI=1S/C12H16FN5O3/c13-9-6-10(18(20)21)12(16-7-9)15-2-1-4-17-5-3-14-11(19)8-17/h6-7H,1-5,8H2,(H,14,19)(H,15,16). The van der Waals surface area contributed by atoms with Gasteiger partial charge >= 0.3 is 5.69 Å². The summed E-state index contributed by atoms with van der Waals surface area (Å²) >= 11 is 0. The van der Waals surface area contributed by atoms with Gasteiger partial charge in [-0.15, -0.1) is 0 Å². The second kappa shape index (κ2) is 6.93. The van der Waals surface area contributed by atoms with Crippen LogP contribution in [0.25, 0.3) is 0 Å². The predicted octanol–water partition coefficient (Wildman–Crippen LogP) is 0.363. The van der Waals surface area contributed by atoms with Crippen LogP contribution in [0.2, 0.25) is 0 Å². The van der Waals surface area contributed by atoms with Gasteiger partial charge in [-0.25, -0.2) is 9.37 Å². The van der Waals surface area contributed by atoms with Crippen LogP contribution >= 0.6 is 0 Å². The number of carbonyl (C=O) groups is 1. The highest BCUT2D eigenvalue weighted by molar-refractivity contribution is 5.78. The van der Waals surface area contributed by atoms with Crippen LogP contribution in [-0.4, -0.2) is 53.4 Å². The van der Waals surface area contributed by atoms with E-state index in [1.54, 1.807) is 0 Å². The van der Waals surface area contributed by atoms with E-state index in [0.717, 1.165) is 18.8 Å².